The minimum Gasteiger partial charge on any atom is -0.507 e. The molecular weight excluding hydrogens is 520 g/mol. The molecule has 1 aromatic heterocycles. The Labute approximate surface area is 227 Å². The van der Waals surface area contributed by atoms with Crippen molar-refractivity contribution in [3.05, 3.63) is 116 Å². The number of rotatable bonds is 7. The first-order chi connectivity index (χ1) is 18.7. The fourth-order valence-electron chi connectivity index (χ4n) is 4.30. The van der Waals surface area contributed by atoms with Crippen LogP contribution in [0.4, 0.5) is 10.8 Å². The molecule has 1 fully saturated rings. The zero-order valence-electron chi connectivity index (χ0n) is 20.9. The normalized spacial score (nSPS) is 16.5. The first-order valence-corrected chi connectivity index (χ1v) is 12.7. The number of non-ortho nitro benzene ring substituents is 1. The summed E-state index contributed by atoms with van der Waals surface area (Å²) in [5, 5.41) is 31.2. The Bertz CT molecular complexity index is 1610. The third-order valence-electron chi connectivity index (χ3n) is 6.37. The average Bonchev–Trinajstić information content (AvgIpc) is 3.48. The number of nitrogens with zero attached hydrogens (tertiary/aromatic N) is 4. The summed E-state index contributed by atoms with van der Waals surface area (Å²) in [6.07, 6.45) is 0. The Balaban J connectivity index is 1.51. The quantitative estimate of drug-likeness (QED) is 0.110. The van der Waals surface area contributed by atoms with E-state index >= 15 is 0 Å². The molecule has 3 aromatic carbocycles. The highest BCUT2D eigenvalue weighted by Crippen LogP contribution is 2.43. The van der Waals surface area contributed by atoms with Gasteiger partial charge in [0.15, 0.2) is 0 Å². The number of ketones is 1. The maximum absolute atomic E-state index is 13.2. The Kier molecular flexibility index (Phi) is 6.90. The molecule has 4 aromatic rings. The maximum Gasteiger partial charge on any atom is 0.301 e. The van der Waals surface area contributed by atoms with Crippen LogP contribution in [0, 0.1) is 24.0 Å². The molecule has 11 heteroatoms. The number of Topliss-reactive ketones (excluding diaryl/α,β-unsaturated/α-hetero) is 1. The van der Waals surface area contributed by atoms with Gasteiger partial charge < -0.3 is 9.84 Å². The lowest BCUT2D eigenvalue weighted by Crippen LogP contribution is -2.29. The Morgan fingerprint density at radius 2 is 1.72 bits per heavy atom. The summed E-state index contributed by atoms with van der Waals surface area (Å²) < 4.78 is 5.87. The van der Waals surface area contributed by atoms with E-state index < -0.39 is 22.7 Å². The van der Waals surface area contributed by atoms with Gasteiger partial charge in [0.1, 0.15) is 23.1 Å². The number of benzene rings is 3. The zero-order chi connectivity index (χ0) is 27.7. The van der Waals surface area contributed by atoms with Gasteiger partial charge in [-0.1, -0.05) is 35.6 Å². The van der Waals surface area contributed by atoms with Crippen molar-refractivity contribution < 1.29 is 24.4 Å². The summed E-state index contributed by atoms with van der Waals surface area (Å²) in [6, 6.07) is 18.8. The molecule has 1 aliphatic rings. The van der Waals surface area contributed by atoms with Crippen LogP contribution in [-0.2, 0) is 16.2 Å². The predicted octanol–water partition coefficient (Wildman–Crippen LogP) is 5.27. The van der Waals surface area contributed by atoms with Crippen LogP contribution in [0.25, 0.3) is 5.76 Å². The third-order valence-corrected chi connectivity index (χ3v) is 7.21. The number of aryl methyl sites for hydroxylation is 2. The summed E-state index contributed by atoms with van der Waals surface area (Å²) in [4.78, 5) is 38.2. The second kappa shape index (κ2) is 10.5. The summed E-state index contributed by atoms with van der Waals surface area (Å²) in [5.74, 6) is -1.60. The Morgan fingerprint density at radius 3 is 2.33 bits per heavy atom. The van der Waals surface area contributed by atoms with E-state index in [1.165, 1.54) is 29.2 Å². The van der Waals surface area contributed by atoms with Crippen LogP contribution in [0.15, 0.2) is 78.4 Å². The molecule has 1 N–H and O–H groups in total. The highest BCUT2D eigenvalue weighted by atomic mass is 32.1. The minimum atomic E-state index is -1.06. The molecule has 39 heavy (non-hydrogen) atoms. The number of nitro benzene ring substituents is 1. The highest BCUT2D eigenvalue weighted by Gasteiger charge is 2.48. The van der Waals surface area contributed by atoms with Crippen LogP contribution < -0.4 is 9.64 Å². The first-order valence-electron chi connectivity index (χ1n) is 11.9. The molecule has 0 radical (unpaired) electrons. The lowest BCUT2D eigenvalue weighted by molar-refractivity contribution is -0.384. The molecule has 1 saturated heterocycles. The largest absolute Gasteiger partial charge is 0.507 e. The zero-order valence-corrected chi connectivity index (χ0v) is 21.7. The molecule has 0 aliphatic carbocycles. The lowest BCUT2D eigenvalue weighted by Gasteiger charge is -2.22. The minimum absolute atomic E-state index is 0.149. The van der Waals surface area contributed by atoms with Crippen molar-refractivity contribution in [3.8, 4) is 5.75 Å². The monoisotopic (exact) mass is 542 g/mol. The first kappa shape index (κ1) is 25.7. The topological polar surface area (TPSA) is 136 Å². The van der Waals surface area contributed by atoms with Gasteiger partial charge in [0.2, 0.25) is 5.13 Å². The van der Waals surface area contributed by atoms with E-state index in [1.807, 2.05) is 31.2 Å². The van der Waals surface area contributed by atoms with Gasteiger partial charge in [0.05, 0.1) is 16.5 Å². The van der Waals surface area contributed by atoms with Crippen molar-refractivity contribution in [3.63, 3.8) is 0 Å². The van der Waals surface area contributed by atoms with Crippen molar-refractivity contribution in [1.29, 1.82) is 0 Å². The van der Waals surface area contributed by atoms with Crippen LogP contribution in [0.5, 0.6) is 5.75 Å². The summed E-state index contributed by atoms with van der Waals surface area (Å²) in [6.45, 7) is 4.07. The van der Waals surface area contributed by atoms with E-state index in [0.29, 0.717) is 28.5 Å². The van der Waals surface area contributed by atoms with Crippen molar-refractivity contribution in [1.82, 2.24) is 10.2 Å². The number of anilines is 1. The number of amides is 1. The van der Waals surface area contributed by atoms with Crippen LogP contribution in [0.3, 0.4) is 0 Å². The molecule has 0 bridgehead atoms. The number of carbonyl (C=O) groups is 2. The maximum atomic E-state index is 13.2. The molecule has 1 unspecified atom stereocenters. The fourth-order valence-corrected chi connectivity index (χ4v) is 5.02. The van der Waals surface area contributed by atoms with Crippen LogP contribution in [-0.4, -0.2) is 31.9 Å². The highest BCUT2D eigenvalue weighted by molar-refractivity contribution is 7.15. The molecule has 1 atom stereocenters. The van der Waals surface area contributed by atoms with Crippen LogP contribution in [0.1, 0.15) is 33.3 Å². The smallest absolute Gasteiger partial charge is 0.301 e. The molecular formula is C28H22N4O6S. The predicted molar refractivity (Wildman–Crippen MR) is 144 cm³/mol. The molecule has 0 spiro atoms. The number of aliphatic hydroxyl groups is 1. The number of nitro groups is 1. The number of aromatic nitrogens is 2. The lowest BCUT2D eigenvalue weighted by atomic mass is 9.95. The molecule has 1 amide bonds. The van der Waals surface area contributed by atoms with Crippen molar-refractivity contribution >= 4 is 39.6 Å². The van der Waals surface area contributed by atoms with E-state index in [4.69, 9.17) is 4.74 Å². The number of aliphatic hydroxyl groups excluding tert-OH is 1. The van der Waals surface area contributed by atoms with Crippen molar-refractivity contribution in [2.24, 2.45) is 0 Å². The number of hydrogen-bond acceptors (Lipinski definition) is 9. The summed E-state index contributed by atoms with van der Waals surface area (Å²) >= 11 is 1.11. The molecule has 5 rings (SSSR count). The van der Waals surface area contributed by atoms with Gasteiger partial charge in [0.25, 0.3) is 11.5 Å². The molecule has 10 nitrogen and oxygen atoms in total. The van der Waals surface area contributed by atoms with E-state index in [2.05, 4.69) is 10.2 Å². The fraction of sp³-hybridized carbons (Fsp3) is 0.143. The van der Waals surface area contributed by atoms with E-state index in [0.717, 1.165) is 22.5 Å². The second-order valence-electron chi connectivity index (χ2n) is 8.86. The SMILES string of the molecule is Cc1nnc(N2C(=O)C(=O)C(=C(O)c3ccc(OCc4ccccc4C)cc3)C2c2ccc([N+](=O)[O-])cc2)s1. The Morgan fingerprint density at radius 1 is 1.03 bits per heavy atom. The molecule has 1 aliphatic heterocycles. The average molecular weight is 543 g/mol. The standard InChI is InChI=1S/C28H22N4O6S/c1-16-5-3-4-6-20(16)15-38-22-13-9-19(10-14-22)25(33)23-24(18-7-11-21(12-8-18)32(36)37)31(27(35)26(23)34)28-30-29-17(2)39-28/h3-14,24,33H,15H2,1-2H3. The van der Waals surface area contributed by atoms with Gasteiger partial charge >= 0.3 is 5.91 Å². The van der Waals surface area contributed by atoms with Crippen LogP contribution >= 0.6 is 11.3 Å². The number of carbonyl (C=O) groups excluding carboxylic acids is 2. The summed E-state index contributed by atoms with van der Waals surface area (Å²) in [5.41, 5.74) is 2.54. The van der Waals surface area contributed by atoms with Gasteiger partial charge in [0, 0.05) is 17.7 Å². The third kappa shape index (κ3) is 4.99. The van der Waals surface area contributed by atoms with Gasteiger partial charge in [-0.15, -0.1) is 10.2 Å². The number of ether oxygens (including phenoxy) is 1. The van der Waals surface area contributed by atoms with Gasteiger partial charge in [-0.05, 0) is 66.9 Å². The Hall–Kier alpha value is -4.90. The van der Waals surface area contributed by atoms with Gasteiger partial charge in [-0.2, -0.15) is 0 Å². The van der Waals surface area contributed by atoms with Crippen LogP contribution in [0.2, 0.25) is 0 Å². The van der Waals surface area contributed by atoms with Gasteiger partial charge in [-0.25, -0.2) is 0 Å². The van der Waals surface area contributed by atoms with E-state index in [9.17, 15) is 24.8 Å². The molecule has 2 heterocycles. The van der Waals surface area contributed by atoms with Gasteiger partial charge in [-0.3, -0.25) is 24.6 Å². The van der Waals surface area contributed by atoms with E-state index in [-0.39, 0.29) is 22.2 Å². The van der Waals surface area contributed by atoms with Crippen molar-refractivity contribution in [2.45, 2.75) is 26.5 Å². The molecule has 0 saturated carbocycles. The molecule has 196 valence electrons. The van der Waals surface area contributed by atoms with E-state index in [1.54, 1.807) is 31.2 Å². The number of hydrogen-bond donors (Lipinski definition) is 1. The summed E-state index contributed by atoms with van der Waals surface area (Å²) in [7, 11) is 0. The second-order valence-corrected chi connectivity index (χ2v) is 10.0. The van der Waals surface area contributed by atoms with Crippen molar-refractivity contribution in [2.75, 3.05) is 4.90 Å².